The van der Waals surface area contributed by atoms with Crippen molar-refractivity contribution in [2.45, 2.75) is 6.54 Å². The van der Waals surface area contributed by atoms with Crippen molar-refractivity contribution in [3.63, 3.8) is 0 Å². The number of hydrogen-bond donors (Lipinski definition) is 1. The van der Waals surface area contributed by atoms with Crippen LogP contribution in [-0.4, -0.2) is 17.9 Å². The summed E-state index contributed by atoms with van der Waals surface area (Å²) in [4.78, 5) is 13.6. The molecule has 0 aliphatic rings. The maximum absolute atomic E-state index is 13.0. The van der Waals surface area contributed by atoms with Crippen molar-refractivity contribution in [1.29, 1.82) is 0 Å². The van der Waals surface area contributed by atoms with Gasteiger partial charge >= 0.3 is 0 Å². The summed E-state index contributed by atoms with van der Waals surface area (Å²) in [6, 6.07) is 5.72. The Kier molecular flexibility index (Phi) is 3.32. The van der Waals surface area contributed by atoms with Gasteiger partial charge in [-0.3, -0.25) is 4.79 Å². The van der Waals surface area contributed by atoms with Crippen LogP contribution in [0.1, 0.15) is 15.9 Å². The predicted octanol–water partition coefficient (Wildman–Crippen LogP) is 2.27. The fourth-order valence-electron chi connectivity index (χ4n) is 1.63. The largest absolute Gasteiger partial charge is 0.472 e. The van der Waals surface area contributed by atoms with Gasteiger partial charge in [0.1, 0.15) is 5.82 Å². The predicted molar refractivity (Wildman–Crippen MR) is 65.3 cm³/mol. The summed E-state index contributed by atoms with van der Waals surface area (Å²) in [7, 11) is 1.66. The standard InChI is InChI=1S/C13H13FN2O2/c1-16(7-9-4-5-18-8-9)13(17)10-2-3-11(14)12(15)6-10/h2-6,8H,7,15H2,1H3. The molecular weight excluding hydrogens is 235 g/mol. The summed E-state index contributed by atoms with van der Waals surface area (Å²) in [6.45, 7) is 0.423. The molecule has 0 unspecified atom stereocenters. The molecule has 2 N–H and O–H groups in total. The van der Waals surface area contributed by atoms with E-state index in [-0.39, 0.29) is 11.6 Å². The molecule has 1 aromatic carbocycles. The van der Waals surface area contributed by atoms with Gasteiger partial charge < -0.3 is 15.1 Å². The number of anilines is 1. The molecule has 0 atom stereocenters. The molecule has 4 nitrogen and oxygen atoms in total. The zero-order valence-electron chi connectivity index (χ0n) is 9.89. The highest BCUT2D eigenvalue weighted by molar-refractivity contribution is 5.94. The second kappa shape index (κ2) is 4.91. The quantitative estimate of drug-likeness (QED) is 0.848. The lowest BCUT2D eigenvalue weighted by atomic mass is 10.1. The monoisotopic (exact) mass is 248 g/mol. The van der Waals surface area contributed by atoms with Crippen LogP contribution in [-0.2, 0) is 6.54 Å². The summed E-state index contributed by atoms with van der Waals surface area (Å²) in [5.74, 6) is -0.744. The number of carbonyl (C=O) groups excluding carboxylic acids is 1. The van der Waals surface area contributed by atoms with Crippen LogP contribution in [0, 0.1) is 5.82 Å². The SMILES string of the molecule is CN(Cc1ccoc1)C(=O)c1ccc(F)c(N)c1. The lowest BCUT2D eigenvalue weighted by Gasteiger charge is -2.16. The number of benzene rings is 1. The van der Waals surface area contributed by atoms with Crippen LogP contribution in [0.2, 0.25) is 0 Å². The zero-order chi connectivity index (χ0) is 13.1. The van der Waals surface area contributed by atoms with Crippen molar-refractivity contribution < 1.29 is 13.6 Å². The highest BCUT2D eigenvalue weighted by Crippen LogP contribution is 2.14. The van der Waals surface area contributed by atoms with Gasteiger partial charge in [-0.05, 0) is 24.3 Å². The molecular formula is C13H13FN2O2. The first-order valence-electron chi connectivity index (χ1n) is 5.39. The van der Waals surface area contributed by atoms with Gasteiger partial charge in [0.2, 0.25) is 0 Å². The molecule has 0 saturated heterocycles. The molecule has 1 aromatic heterocycles. The van der Waals surface area contributed by atoms with Crippen molar-refractivity contribution in [1.82, 2.24) is 4.90 Å². The number of amides is 1. The highest BCUT2D eigenvalue weighted by Gasteiger charge is 2.13. The van der Waals surface area contributed by atoms with Crippen molar-refractivity contribution in [3.8, 4) is 0 Å². The minimum Gasteiger partial charge on any atom is -0.472 e. The van der Waals surface area contributed by atoms with E-state index >= 15 is 0 Å². The van der Waals surface area contributed by atoms with Gasteiger partial charge in [-0.25, -0.2) is 4.39 Å². The van der Waals surface area contributed by atoms with E-state index < -0.39 is 5.82 Å². The number of nitrogens with two attached hydrogens (primary N) is 1. The zero-order valence-corrected chi connectivity index (χ0v) is 9.89. The number of nitrogen functional groups attached to an aromatic ring is 1. The van der Waals surface area contributed by atoms with E-state index in [0.29, 0.717) is 12.1 Å². The molecule has 0 bridgehead atoms. The van der Waals surface area contributed by atoms with Gasteiger partial charge in [0, 0.05) is 24.7 Å². The average Bonchev–Trinajstić information content (AvgIpc) is 2.84. The molecule has 0 fully saturated rings. The number of hydrogen-bond acceptors (Lipinski definition) is 3. The normalized spacial score (nSPS) is 10.3. The van der Waals surface area contributed by atoms with E-state index in [9.17, 15) is 9.18 Å². The first-order chi connectivity index (χ1) is 8.58. The van der Waals surface area contributed by atoms with E-state index in [1.165, 1.54) is 23.1 Å². The third-order valence-electron chi connectivity index (χ3n) is 2.59. The lowest BCUT2D eigenvalue weighted by Crippen LogP contribution is -2.26. The van der Waals surface area contributed by atoms with Crippen molar-refractivity contribution in [3.05, 3.63) is 53.7 Å². The minimum absolute atomic E-state index is 0.0300. The average molecular weight is 248 g/mol. The molecule has 0 radical (unpaired) electrons. The number of nitrogens with zero attached hydrogens (tertiary/aromatic N) is 1. The third kappa shape index (κ3) is 2.51. The Morgan fingerprint density at radius 2 is 2.22 bits per heavy atom. The van der Waals surface area contributed by atoms with Crippen LogP contribution < -0.4 is 5.73 Å². The van der Waals surface area contributed by atoms with Gasteiger partial charge in [-0.15, -0.1) is 0 Å². The van der Waals surface area contributed by atoms with Gasteiger partial charge in [0.05, 0.1) is 18.2 Å². The Bertz CT molecular complexity index is 552. The van der Waals surface area contributed by atoms with Gasteiger partial charge in [0.25, 0.3) is 5.91 Å². The van der Waals surface area contributed by atoms with E-state index in [2.05, 4.69) is 0 Å². The molecule has 1 heterocycles. The molecule has 1 amide bonds. The molecule has 0 aliphatic heterocycles. The molecule has 0 aliphatic carbocycles. The van der Waals surface area contributed by atoms with Crippen LogP contribution in [0.4, 0.5) is 10.1 Å². The number of carbonyl (C=O) groups is 1. The van der Waals surface area contributed by atoms with Gasteiger partial charge in [0.15, 0.2) is 0 Å². The van der Waals surface area contributed by atoms with E-state index in [4.69, 9.17) is 10.2 Å². The molecule has 94 valence electrons. The summed E-state index contributed by atoms with van der Waals surface area (Å²) < 4.78 is 17.9. The van der Waals surface area contributed by atoms with Gasteiger partial charge in [-0.2, -0.15) is 0 Å². The van der Waals surface area contributed by atoms with Crippen molar-refractivity contribution in [2.75, 3.05) is 12.8 Å². The minimum atomic E-state index is -0.524. The summed E-state index contributed by atoms with van der Waals surface area (Å²) >= 11 is 0. The maximum atomic E-state index is 13.0. The second-order valence-corrected chi connectivity index (χ2v) is 4.03. The Morgan fingerprint density at radius 1 is 1.44 bits per heavy atom. The summed E-state index contributed by atoms with van der Waals surface area (Å²) in [6.07, 6.45) is 3.12. The Balaban J connectivity index is 2.12. The second-order valence-electron chi connectivity index (χ2n) is 4.03. The van der Waals surface area contributed by atoms with Crippen LogP contribution in [0.25, 0.3) is 0 Å². The number of halogens is 1. The smallest absolute Gasteiger partial charge is 0.253 e. The number of rotatable bonds is 3. The molecule has 2 aromatic rings. The van der Waals surface area contributed by atoms with Crippen LogP contribution in [0.5, 0.6) is 0 Å². The molecule has 0 saturated carbocycles. The fraction of sp³-hybridized carbons (Fsp3) is 0.154. The van der Waals surface area contributed by atoms with Crippen LogP contribution in [0.3, 0.4) is 0 Å². The van der Waals surface area contributed by atoms with E-state index in [0.717, 1.165) is 5.56 Å². The first-order valence-corrected chi connectivity index (χ1v) is 5.39. The molecule has 2 rings (SSSR count). The lowest BCUT2D eigenvalue weighted by molar-refractivity contribution is 0.0785. The first kappa shape index (κ1) is 12.2. The Labute approximate surface area is 104 Å². The van der Waals surface area contributed by atoms with Crippen LogP contribution >= 0.6 is 0 Å². The highest BCUT2D eigenvalue weighted by atomic mass is 19.1. The van der Waals surface area contributed by atoms with Crippen molar-refractivity contribution >= 4 is 11.6 Å². The van der Waals surface area contributed by atoms with Crippen LogP contribution in [0.15, 0.2) is 41.2 Å². The topological polar surface area (TPSA) is 59.5 Å². The summed E-state index contributed by atoms with van der Waals surface area (Å²) in [5.41, 5.74) is 6.65. The summed E-state index contributed by atoms with van der Waals surface area (Å²) in [5, 5.41) is 0. The maximum Gasteiger partial charge on any atom is 0.253 e. The fourth-order valence-corrected chi connectivity index (χ4v) is 1.63. The number of furan rings is 1. The third-order valence-corrected chi connectivity index (χ3v) is 2.59. The Hall–Kier alpha value is -2.30. The molecule has 5 heteroatoms. The molecule has 0 spiro atoms. The van der Waals surface area contributed by atoms with E-state index in [1.807, 2.05) is 0 Å². The molecule has 18 heavy (non-hydrogen) atoms. The van der Waals surface area contributed by atoms with Crippen molar-refractivity contribution in [2.24, 2.45) is 0 Å². The van der Waals surface area contributed by atoms with Gasteiger partial charge in [-0.1, -0.05) is 0 Å². The Morgan fingerprint density at radius 3 is 2.83 bits per heavy atom. The van der Waals surface area contributed by atoms with E-state index in [1.54, 1.807) is 25.6 Å².